The molecule has 2 aromatic carbocycles. The number of ether oxygens (including phenoxy) is 2. The maximum atomic E-state index is 13.3. The van der Waals surface area contributed by atoms with E-state index in [1.807, 2.05) is 18.2 Å². The minimum Gasteiger partial charge on any atom is -0.493 e. The smallest absolute Gasteiger partial charge is 0.250 e. The molecule has 0 radical (unpaired) electrons. The fraction of sp³-hybridized carbons (Fsp3) is 0.348. The second-order valence-electron chi connectivity index (χ2n) is 7.54. The highest BCUT2D eigenvalue weighted by atomic mass is 32.2. The van der Waals surface area contributed by atoms with Gasteiger partial charge in [0.15, 0.2) is 16.7 Å². The second kappa shape index (κ2) is 9.52. The topological polar surface area (TPSA) is 88.2 Å². The van der Waals surface area contributed by atoms with Gasteiger partial charge < -0.3 is 24.6 Å². The summed E-state index contributed by atoms with van der Waals surface area (Å²) < 4.78 is 10.5. The number of nitrogens with one attached hydrogen (secondary N) is 1. The van der Waals surface area contributed by atoms with Crippen molar-refractivity contribution in [3.05, 3.63) is 42.5 Å². The number of anilines is 2. The number of hydrogen-bond donors (Lipinski definition) is 1. The number of para-hydroxylation sites is 1. The standard InChI is InChI=1S/C23H25N3O5S/c1-30-17-10-9-15(13-18(17)31-2)24-20(27)14-26-16-7-3-4-8-19(16)32-21(23(26)29)22(28)25-11-5-6-12-25/h3-4,7-10,13,21H,5-6,11-12,14H2,1-2H3,(H,24,27). The molecule has 1 saturated heterocycles. The Balaban J connectivity index is 1.54. The summed E-state index contributed by atoms with van der Waals surface area (Å²) in [5.74, 6) is 0.105. The van der Waals surface area contributed by atoms with E-state index in [2.05, 4.69) is 5.32 Å². The Morgan fingerprint density at radius 3 is 2.50 bits per heavy atom. The summed E-state index contributed by atoms with van der Waals surface area (Å²) in [6.45, 7) is 1.14. The Morgan fingerprint density at radius 2 is 1.78 bits per heavy atom. The zero-order valence-electron chi connectivity index (χ0n) is 18.0. The van der Waals surface area contributed by atoms with Crippen molar-refractivity contribution in [2.45, 2.75) is 23.0 Å². The third kappa shape index (κ3) is 4.38. The van der Waals surface area contributed by atoms with Crippen LogP contribution in [0, 0.1) is 0 Å². The van der Waals surface area contributed by atoms with Gasteiger partial charge in [-0.1, -0.05) is 12.1 Å². The fourth-order valence-corrected chi connectivity index (χ4v) is 5.09. The Kier molecular flexibility index (Phi) is 6.55. The van der Waals surface area contributed by atoms with Crippen LogP contribution in [0.5, 0.6) is 11.5 Å². The minimum absolute atomic E-state index is 0.183. The molecule has 1 atom stereocenters. The van der Waals surface area contributed by atoms with Gasteiger partial charge in [-0.05, 0) is 37.1 Å². The Labute approximate surface area is 190 Å². The molecule has 0 saturated carbocycles. The van der Waals surface area contributed by atoms with Crippen molar-refractivity contribution >= 4 is 40.9 Å². The average molecular weight is 456 g/mol. The molecule has 168 valence electrons. The number of nitrogens with zero attached hydrogens (tertiary/aromatic N) is 2. The molecule has 2 aromatic rings. The van der Waals surface area contributed by atoms with Gasteiger partial charge in [0.2, 0.25) is 11.8 Å². The molecule has 0 bridgehead atoms. The lowest BCUT2D eigenvalue weighted by molar-refractivity contribution is -0.134. The molecule has 2 heterocycles. The fourth-order valence-electron chi connectivity index (χ4n) is 3.90. The highest BCUT2D eigenvalue weighted by Crippen LogP contribution is 2.40. The Morgan fingerprint density at radius 1 is 1.06 bits per heavy atom. The number of fused-ring (bicyclic) bond motifs is 1. The summed E-state index contributed by atoms with van der Waals surface area (Å²) in [6, 6.07) is 12.4. The number of carbonyl (C=O) groups is 3. The van der Waals surface area contributed by atoms with E-state index in [0.717, 1.165) is 17.7 Å². The van der Waals surface area contributed by atoms with Crippen LogP contribution in [0.3, 0.4) is 0 Å². The number of likely N-dealkylation sites (tertiary alicyclic amines) is 1. The predicted molar refractivity (Wildman–Crippen MR) is 122 cm³/mol. The zero-order valence-corrected chi connectivity index (χ0v) is 18.8. The van der Waals surface area contributed by atoms with Crippen molar-refractivity contribution in [2.24, 2.45) is 0 Å². The molecule has 2 aliphatic rings. The molecule has 32 heavy (non-hydrogen) atoms. The van der Waals surface area contributed by atoms with Gasteiger partial charge in [-0.15, -0.1) is 11.8 Å². The van der Waals surface area contributed by atoms with E-state index >= 15 is 0 Å². The summed E-state index contributed by atoms with van der Waals surface area (Å²) in [5.41, 5.74) is 1.15. The summed E-state index contributed by atoms with van der Waals surface area (Å²) >= 11 is 1.26. The number of hydrogen-bond acceptors (Lipinski definition) is 6. The molecule has 0 aromatic heterocycles. The van der Waals surface area contributed by atoms with Crippen molar-refractivity contribution in [3.63, 3.8) is 0 Å². The van der Waals surface area contributed by atoms with Crippen LogP contribution in [0.2, 0.25) is 0 Å². The van der Waals surface area contributed by atoms with Crippen LogP contribution in [-0.4, -0.2) is 61.7 Å². The van der Waals surface area contributed by atoms with Gasteiger partial charge in [0.1, 0.15) is 6.54 Å². The normalized spacial score (nSPS) is 17.7. The monoisotopic (exact) mass is 455 g/mol. The number of benzene rings is 2. The Bertz CT molecular complexity index is 1040. The van der Waals surface area contributed by atoms with Crippen molar-refractivity contribution < 1.29 is 23.9 Å². The molecule has 1 fully saturated rings. The van der Waals surface area contributed by atoms with Crippen LogP contribution in [0.25, 0.3) is 0 Å². The van der Waals surface area contributed by atoms with E-state index < -0.39 is 5.25 Å². The molecule has 0 spiro atoms. The first-order chi connectivity index (χ1) is 15.5. The number of thioether (sulfide) groups is 1. The molecule has 1 N–H and O–H groups in total. The Hall–Kier alpha value is -3.20. The lowest BCUT2D eigenvalue weighted by Crippen LogP contribution is -2.51. The largest absolute Gasteiger partial charge is 0.493 e. The molecule has 9 heteroatoms. The van der Waals surface area contributed by atoms with Gasteiger partial charge in [0.25, 0.3) is 5.91 Å². The summed E-state index contributed by atoms with van der Waals surface area (Å²) in [7, 11) is 3.05. The minimum atomic E-state index is -0.878. The number of methoxy groups -OCH3 is 2. The molecule has 3 amide bonds. The van der Waals surface area contributed by atoms with Crippen LogP contribution in [0.1, 0.15) is 12.8 Å². The average Bonchev–Trinajstić information content (AvgIpc) is 3.35. The van der Waals surface area contributed by atoms with Gasteiger partial charge in [-0.3, -0.25) is 14.4 Å². The van der Waals surface area contributed by atoms with Crippen molar-refractivity contribution in [1.82, 2.24) is 4.90 Å². The second-order valence-corrected chi connectivity index (χ2v) is 8.69. The number of rotatable bonds is 6. The molecular weight excluding hydrogens is 430 g/mol. The summed E-state index contributed by atoms with van der Waals surface area (Å²) in [6.07, 6.45) is 1.90. The quantitative estimate of drug-likeness (QED) is 0.674. The molecule has 2 aliphatic heterocycles. The highest BCUT2D eigenvalue weighted by molar-refractivity contribution is 8.01. The van der Waals surface area contributed by atoms with Crippen molar-refractivity contribution in [2.75, 3.05) is 44.1 Å². The molecule has 0 aliphatic carbocycles. The van der Waals surface area contributed by atoms with E-state index in [1.165, 1.54) is 30.9 Å². The number of amides is 3. The lowest BCUT2D eigenvalue weighted by Gasteiger charge is -2.34. The highest BCUT2D eigenvalue weighted by Gasteiger charge is 2.41. The predicted octanol–water partition coefficient (Wildman–Crippen LogP) is 2.77. The van der Waals surface area contributed by atoms with Crippen LogP contribution >= 0.6 is 11.8 Å². The van der Waals surface area contributed by atoms with Crippen molar-refractivity contribution in [1.29, 1.82) is 0 Å². The van der Waals surface area contributed by atoms with E-state index in [-0.39, 0.29) is 24.3 Å². The van der Waals surface area contributed by atoms with E-state index in [9.17, 15) is 14.4 Å². The summed E-state index contributed by atoms with van der Waals surface area (Å²) in [5, 5.41) is 1.92. The first-order valence-electron chi connectivity index (χ1n) is 10.4. The van der Waals surface area contributed by atoms with Crippen LogP contribution < -0.4 is 19.7 Å². The van der Waals surface area contributed by atoms with Crippen LogP contribution in [0.15, 0.2) is 47.4 Å². The van der Waals surface area contributed by atoms with Gasteiger partial charge in [-0.25, -0.2) is 0 Å². The van der Waals surface area contributed by atoms with E-state index in [0.29, 0.717) is 36.0 Å². The third-order valence-electron chi connectivity index (χ3n) is 5.50. The molecule has 8 nitrogen and oxygen atoms in total. The van der Waals surface area contributed by atoms with Crippen LogP contribution in [-0.2, 0) is 14.4 Å². The van der Waals surface area contributed by atoms with Crippen LogP contribution in [0.4, 0.5) is 11.4 Å². The van der Waals surface area contributed by atoms with Crippen molar-refractivity contribution in [3.8, 4) is 11.5 Å². The van der Waals surface area contributed by atoms with E-state index in [4.69, 9.17) is 9.47 Å². The van der Waals surface area contributed by atoms with Gasteiger partial charge in [-0.2, -0.15) is 0 Å². The van der Waals surface area contributed by atoms with Gasteiger partial charge in [0.05, 0.1) is 19.9 Å². The SMILES string of the molecule is COc1ccc(NC(=O)CN2C(=O)C(C(=O)N3CCCC3)Sc3ccccc32)cc1OC. The van der Waals surface area contributed by atoms with E-state index in [1.54, 1.807) is 29.2 Å². The molecular formula is C23H25N3O5S. The number of carbonyl (C=O) groups excluding carboxylic acids is 3. The third-order valence-corrected chi connectivity index (χ3v) is 6.74. The maximum absolute atomic E-state index is 13.3. The maximum Gasteiger partial charge on any atom is 0.250 e. The molecule has 1 unspecified atom stereocenters. The van der Waals surface area contributed by atoms with Gasteiger partial charge in [0, 0.05) is 29.7 Å². The first-order valence-corrected chi connectivity index (χ1v) is 11.3. The van der Waals surface area contributed by atoms with Gasteiger partial charge >= 0.3 is 0 Å². The zero-order chi connectivity index (χ0) is 22.7. The first kappa shape index (κ1) is 22.0. The molecule has 4 rings (SSSR count). The lowest BCUT2D eigenvalue weighted by atomic mass is 10.2. The summed E-state index contributed by atoms with van der Waals surface area (Å²) in [4.78, 5) is 43.1.